The third-order valence-electron chi connectivity index (χ3n) is 3.53. The minimum absolute atomic E-state index is 0.123. The number of halogens is 1. The van der Waals surface area contributed by atoms with Crippen LogP contribution in [-0.4, -0.2) is 26.2 Å². The van der Waals surface area contributed by atoms with Crippen molar-refractivity contribution in [2.45, 2.75) is 6.42 Å². The van der Waals surface area contributed by atoms with Crippen LogP contribution in [0.3, 0.4) is 0 Å². The first-order chi connectivity index (χ1) is 10.6. The van der Waals surface area contributed by atoms with Gasteiger partial charge in [-0.25, -0.2) is 4.39 Å². The van der Waals surface area contributed by atoms with Gasteiger partial charge in [0.2, 0.25) is 5.91 Å². The fourth-order valence-electron chi connectivity index (χ4n) is 2.32. The molecule has 0 saturated carbocycles. The largest absolute Gasteiger partial charge is 0.486 e. The zero-order chi connectivity index (χ0) is 15.5. The highest BCUT2D eigenvalue weighted by molar-refractivity contribution is 5.94. The summed E-state index contributed by atoms with van der Waals surface area (Å²) >= 11 is 0. The van der Waals surface area contributed by atoms with E-state index in [2.05, 4.69) is 0 Å². The van der Waals surface area contributed by atoms with Crippen molar-refractivity contribution < 1.29 is 18.7 Å². The molecule has 0 unspecified atom stereocenters. The smallest absolute Gasteiger partial charge is 0.231 e. The van der Waals surface area contributed by atoms with E-state index in [0.717, 1.165) is 0 Å². The lowest BCUT2D eigenvalue weighted by atomic mass is 10.1. The molecule has 114 valence electrons. The van der Waals surface area contributed by atoms with Crippen LogP contribution in [0.2, 0.25) is 0 Å². The number of rotatable bonds is 3. The lowest BCUT2D eigenvalue weighted by Crippen LogP contribution is -2.28. The zero-order valence-electron chi connectivity index (χ0n) is 12.2. The van der Waals surface area contributed by atoms with Crippen LogP contribution in [0.5, 0.6) is 11.5 Å². The second-order valence-corrected chi connectivity index (χ2v) is 5.09. The summed E-state index contributed by atoms with van der Waals surface area (Å²) in [6, 6.07) is 11.4. The Morgan fingerprint density at radius 1 is 1.14 bits per heavy atom. The summed E-state index contributed by atoms with van der Waals surface area (Å²) in [5, 5.41) is 0. The van der Waals surface area contributed by atoms with Gasteiger partial charge in [-0.3, -0.25) is 4.79 Å². The van der Waals surface area contributed by atoms with E-state index < -0.39 is 0 Å². The Hall–Kier alpha value is -2.56. The minimum atomic E-state index is -0.340. The van der Waals surface area contributed by atoms with Crippen LogP contribution in [-0.2, 0) is 11.2 Å². The van der Waals surface area contributed by atoms with Gasteiger partial charge < -0.3 is 14.4 Å². The molecule has 0 saturated heterocycles. The van der Waals surface area contributed by atoms with Gasteiger partial charge in [0.05, 0.1) is 6.42 Å². The van der Waals surface area contributed by atoms with Crippen LogP contribution in [0, 0.1) is 5.82 Å². The van der Waals surface area contributed by atoms with E-state index in [1.807, 2.05) is 0 Å². The minimum Gasteiger partial charge on any atom is -0.486 e. The van der Waals surface area contributed by atoms with Crippen molar-refractivity contribution in [3.8, 4) is 11.5 Å². The molecule has 1 aliphatic heterocycles. The number of carbonyl (C=O) groups is 1. The summed E-state index contributed by atoms with van der Waals surface area (Å²) in [6.45, 7) is 1.03. The molecule has 0 atom stereocenters. The van der Waals surface area contributed by atoms with E-state index >= 15 is 0 Å². The normalized spacial score (nSPS) is 12.8. The van der Waals surface area contributed by atoms with E-state index in [4.69, 9.17) is 9.47 Å². The molecule has 0 N–H and O–H groups in total. The quantitative estimate of drug-likeness (QED) is 0.875. The highest BCUT2D eigenvalue weighted by Gasteiger charge is 2.17. The van der Waals surface area contributed by atoms with Crippen molar-refractivity contribution >= 4 is 11.6 Å². The second kappa shape index (κ2) is 6.05. The van der Waals surface area contributed by atoms with E-state index in [-0.39, 0.29) is 18.1 Å². The maximum absolute atomic E-state index is 13.2. The summed E-state index contributed by atoms with van der Waals surface area (Å²) < 4.78 is 24.1. The molecule has 0 spiro atoms. The fourth-order valence-corrected chi connectivity index (χ4v) is 2.32. The molecule has 22 heavy (non-hydrogen) atoms. The van der Waals surface area contributed by atoms with Crippen molar-refractivity contribution in [2.75, 3.05) is 25.2 Å². The molecule has 1 heterocycles. The van der Waals surface area contributed by atoms with Crippen LogP contribution in [0.25, 0.3) is 0 Å². The molecule has 1 amide bonds. The first-order valence-corrected chi connectivity index (χ1v) is 7.04. The molecule has 1 aliphatic rings. The summed E-state index contributed by atoms with van der Waals surface area (Å²) in [7, 11) is 1.69. The number of hydrogen-bond donors (Lipinski definition) is 0. The van der Waals surface area contributed by atoms with Gasteiger partial charge in [-0.05, 0) is 29.8 Å². The number of carbonyl (C=O) groups excluding carboxylic acids is 1. The van der Waals surface area contributed by atoms with Gasteiger partial charge >= 0.3 is 0 Å². The third-order valence-corrected chi connectivity index (χ3v) is 3.53. The average Bonchev–Trinajstić information content (AvgIpc) is 2.53. The van der Waals surface area contributed by atoms with Gasteiger partial charge in [0.25, 0.3) is 0 Å². The van der Waals surface area contributed by atoms with Crippen molar-refractivity contribution in [1.29, 1.82) is 0 Å². The van der Waals surface area contributed by atoms with E-state index in [1.165, 1.54) is 17.0 Å². The number of benzene rings is 2. The van der Waals surface area contributed by atoms with Crippen molar-refractivity contribution in [1.82, 2.24) is 0 Å². The van der Waals surface area contributed by atoms with Gasteiger partial charge in [0.1, 0.15) is 19.0 Å². The number of hydrogen-bond acceptors (Lipinski definition) is 3. The van der Waals surface area contributed by atoms with Crippen molar-refractivity contribution in [3.63, 3.8) is 0 Å². The molecule has 0 fully saturated rings. The Bertz CT molecular complexity index is 702. The summed E-state index contributed by atoms with van der Waals surface area (Å²) in [5.74, 6) is 0.852. The summed E-state index contributed by atoms with van der Waals surface area (Å²) in [4.78, 5) is 13.9. The van der Waals surface area contributed by atoms with Crippen LogP contribution in [0.4, 0.5) is 10.1 Å². The van der Waals surface area contributed by atoms with Crippen LogP contribution < -0.4 is 14.4 Å². The fraction of sp³-hybridized carbons (Fsp3) is 0.235. The Kier molecular flexibility index (Phi) is 3.96. The number of likely N-dealkylation sites (N-methyl/N-ethyl adjacent to an activating group) is 1. The molecular weight excluding hydrogens is 285 g/mol. The SMILES string of the molecule is CN(C(=O)Cc1cccc(F)c1)c1ccc2c(c1)OCCO2. The van der Waals surface area contributed by atoms with Gasteiger partial charge in [-0.15, -0.1) is 0 Å². The molecule has 2 aromatic carbocycles. The Morgan fingerprint density at radius 2 is 1.91 bits per heavy atom. The second-order valence-electron chi connectivity index (χ2n) is 5.09. The number of ether oxygens (including phenoxy) is 2. The predicted octanol–water partition coefficient (Wildman–Crippen LogP) is 2.80. The standard InChI is InChI=1S/C17H16FNO3/c1-19(17(20)10-12-3-2-4-13(18)9-12)14-5-6-15-16(11-14)22-8-7-21-15/h2-6,9,11H,7-8,10H2,1H3. The number of anilines is 1. The monoisotopic (exact) mass is 301 g/mol. The lowest BCUT2D eigenvalue weighted by Gasteiger charge is -2.22. The Morgan fingerprint density at radius 3 is 2.68 bits per heavy atom. The van der Waals surface area contributed by atoms with E-state index in [0.29, 0.717) is 36.0 Å². The van der Waals surface area contributed by atoms with Gasteiger partial charge in [-0.1, -0.05) is 12.1 Å². The van der Waals surface area contributed by atoms with Gasteiger partial charge in [-0.2, -0.15) is 0 Å². The molecule has 0 bridgehead atoms. The molecule has 4 nitrogen and oxygen atoms in total. The van der Waals surface area contributed by atoms with Crippen LogP contribution >= 0.6 is 0 Å². The first kappa shape index (κ1) is 14.4. The maximum Gasteiger partial charge on any atom is 0.231 e. The Labute approximate surface area is 128 Å². The number of amides is 1. The van der Waals surface area contributed by atoms with E-state index in [1.54, 1.807) is 37.4 Å². The van der Waals surface area contributed by atoms with E-state index in [9.17, 15) is 9.18 Å². The molecule has 0 aliphatic carbocycles. The molecule has 5 heteroatoms. The molecule has 0 aromatic heterocycles. The molecular formula is C17H16FNO3. The van der Waals surface area contributed by atoms with Crippen LogP contribution in [0.1, 0.15) is 5.56 Å². The topological polar surface area (TPSA) is 38.8 Å². The number of nitrogens with zero attached hydrogens (tertiary/aromatic N) is 1. The van der Waals surface area contributed by atoms with Gasteiger partial charge in [0, 0.05) is 18.8 Å². The lowest BCUT2D eigenvalue weighted by molar-refractivity contribution is -0.117. The van der Waals surface area contributed by atoms with Crippen molar-refractivity contribution in [2.24, 2.45) is 0 Å². The third kappa shape index (κ3) is 3.03. The highest BCUT2D eigenvalue weighted by Crippen LogP contribution is 2.33. The average molecular weight is 301 g/mol. The summed E-state index contributed by atoms with van der Waals surface area (Å²) in [6.07, 6.45) is 0.142. The Balaban J connectivity index is 1.75. The highest BCUT2D eigenvalue weighted by atomic mass is 19.1. The predicted molar refractivity (Wildman–Crippen MR) is 80.9 cm³/mol. The molecule has 0 radical (unpaired) electrons. The summed E-state index contributed by atoms with van der Waals surface area (Å²) in [5.41, 5.74) is 1.36. The zero-order valence-corrected chi connectivity index (χ0v) is 12.2. The van der Waals surface area contributed by atoms with Gasteiger partial charge in [0.15, 0.2) is 11.5 Å². The van der Waals surface area contributed by atoms with Crippen molar-refractivity contribution in [3.05, 3.63) is 53.8 Å². The molecule has 2 aromatic rings. The number of fused-ring (bicyclic) bond motifs is 1. The van der Waals surface area contributed by atoms with Crippen LogP contribution in [0.15, 0.2) is 42.5 Å². The maximum atomic E-state index is 13.2. The molecule has 3 rings (SSSR count). The first-order valence-electron chi connectivity index (χ1n) is 7.04.